The summed E-state index contributed by atoms with van der Waals surface area (Å²) in [5.74, 6) is 0. The molecule has 1 aliphatic heterocycles. The summed E-state index contributed by atoms with van der Waals surface area (Å²) in [6, 6.07) is 11.2. The molecule has 0 radical (unpaired) electrons. The second kappa shape index (κ2) is 6.65. The molecule has 1 fully saturated rings. The number of thiophene rings is 1. The highest BCUT2D eigenvalue weighted by atomic mass is 32.2. The van der Waals surface area contributed by atoms with Gasteiger partial charge >= 0.3 is 0 Å². The van der Waals surface area contributed by atoms with Crippen LogP contribution in [-0.4, -0.2) is 48.4 Å². The van der Waals surface area contributed by atoms with Crippen LogP contribution in [0.5, 0.6) is 0 Å². The van der Waals surface area contributed by atoms with Crippen LogP contribution in [0.4, 0.5) is 0 Å². The highest BCUT2D eigenvalue weighted by molar-refractivity contribution is 7.91. The molecule has 2 aromatic heterocycles. The van der Waals surface area contributed by atoms with Crippen LogP contribution in [0.3, 0.4) is 0 Å². The number of piperazine rings is 1. The molecule has 132 valence electrons. The van der Waals surface area contributed by atoms with Gasteiger partial charge < -0.3 is 4.42 Å². The van der Waals surface area contributed by atoms with Gasteiger partial charge in [-0.1, -0.05) is 18.2 Å². The second-order valence-corrected chi connectivity index (χ2v) is 9.32. The van der Waals surface area contributed by atoms with E-state index in [0.29, 0.717) is 41.9 Å². The van der Waals surface area contributed by atoms with Gasteiger partial charge in [-0.15, -0.1) is 11.3 Å². The van der Waals surface area contributed by atoms with Crippen LogP contribution >= 0.6 is 23.6 Å². The van der Waals surface area contributed by atoms with Gasteiger partial charge in [-0.2, -0.15) is 4.31 Å². The summed E-state index contributed by atoms with van der Waals surface area (Å²) in [7, 11) is -3.37. The monoisotopic (exact) mass is 395 g/mol. The fraction of sp³-hybridized carbons (Fsp3) is 0.312. The average Bonchev–Trinajstić information content (AvgIpc) is 3.25. The highest BCUT2D eigenvalue weighted by Crippen LogP contribution is 2.23. The minimum Gasteiger partial charge on any atom is -0.429 e. The summed E-state index contributed by atoms with van der Waals surface area (Å²) in [6.45, 7) is 2.87. The Balaban J connectivity index is 1.47. The Hall–Kier alpha value is -1.52. The van der Waals surface area contributed by atoms with Crippen LogP contribution in [0.25, 0.3) is 11.1 Å². The maximum atomic E-state index is 12.6. The van der Waals surface area contributed by atoms with Gasteiger partial charge in [-0.25, -0.2) is 8.42 Å². The van der Waals surface area contributed by atoms with E-state index < -0.39 is 10.0 Å². The zero-order chi connectivity index (χ0) is 17.4. The Morgan fingerprint density at radius 3 is 2.56 bits per heavy atom. The molecule has 0 N–H and O–H groups in total. The van der Waals surface area contributed by atoms with E-state index in [2.05, 4.69) is 4.90 Å². The summed E-state index contributed by atoms with van der Waals surface area (Å²) in [6.07, 6.45) is 0. The fourth-order valence-corrected chi connectivity index (χ4v) is 5.81. The lowest BCUT2D eigenvalue weighted by molar-refractivity contribution is 0.152. The van der Waals surface area contributed by atoms with Gasteiger partial charge in [-0.3, -0.25) is 9.47 Å². The van der Waals surface area contributed by atoms with E-state index in [1.165, 1.54) is 11.3 Å². The van der Waals surface area contributed by atoms with Crippen molar-refractivity contribution in [3.63, 3.8) is 0 Å². The minimum atomic E-state index is -3.37. The van der Waals surface area contributed by atoms with E-state index in [1.807, 2.05) is 28.8 Å². The smallest absolute Gasteiger partial charge is 0.270 e. The SMILES string of the molecule is O=S(=O)(c1cccs1)N1CCN(Cn2c(=S)oc3ccccc32)CC1. The molecule has 0 aliphatic carbocycles. The first kappa shape index (κ1) is 16.9. The van der Waals surface area contributed by atoms with E-state index >= 15 is 0 Å². The number of para-hydroxylation sites is 2. The zero-order valence-electron chi connectivity index (χ0n) is 13.4. The van der Waals surface area contributed by atoms with Crippen molar-refractivity contribution in [3.05, 3.63) is 46.6 Å². The van der Waals surface area contributed by atoms with E-state index in [-0.39, 0.29) is 0 Å². The predicted octanol–water partition coefficient (Wildman–Crippen LogP) is 2.99. The molecule has 1 saturated heterocycles. The van der Waals surface area contributed by atoms with Gasteiger partial charge in [0, 0.05) is 26.2 Å². The average molecular weight is 396 g/mol. The molecule has 1 aliphatic rings. The number of hydrogen-bond acceptors (Lipinski definition) is 6. The van der Waals surface area contributed by atoms with E-state index in [0.717, 1.165) is 11.1 Å². The zero-order valence-corrected chi connectivity index (χ0v) is 15.8. The van der Waals surface area contributed by atoms with Crippen LogP contribution in [0.1, 0.15) is 0 Å². The van der Waals surface area contributed by atoms with Crippen molar-refractivity contribution in [1.82, 2.24) is 13.8 Å². The summed E-state index contributed by atoms with van der Waals surface area (Å²) >= 11 is 6.58. The van der Waals surface area contributed by atoms with Crippen LogP contribution in [0.2, 0.25) is 0 Å². The quantitative estimate of drug-likeness (QED) is 0.636. The largest absolute Gasteiger partial charge is 0.429 e. The Bertz CT molecular complexity index is 1030. The first-order valence-corrected chi connectivity index (χ1v) is 10.6. The van der Waals surface area contributed by atoms with Gasteiger partial charge in [0.15, 0.2) is 5.58 Å². The third kappa shape index (κ3) is 3.18. The van der Waals surface area contributed by atoms with Crippen molar-refractivity contribution in [2.75, 3.05) is 26.2 Å². The molecular weight excluding hydrogens is 378 g/mol. The van der Waals surface area contributed by atoms with Crippen molar-refractivity contribution in [3.8, 4) is 0 Å². The third-order valence-electron chi connectivity index (χ3n) is 4.34. The lowest BCUT2D eigenvalue weighted by Gasteiger charge is -2.33. The lowest BCUT2D eigenvalue weighted by atomic mass is 10.3. The Morgan fingerprint density at radius 1 is 1.08 bits per heavy atom. The minimum absolute atomic E-state index is 0.406. The van der Waals surface area contributed by atoms with E-state index in [4.69, 9.17) is 16.6 Å². The molecule has 1 aromatic carbocycles. The Morgan fingerprint density at radius 2 is 1.84 bits per heavy atom. The van der Waals surface area contributed by atoms with E-state index in [1.54, 1.807) is 21.8 Å². The van der Waals surface area contributed by atoms with Crippen molar-refractivity contribution in [2.45, 2.75) is 10.9 Å². The molecule has 0 spiro atoms. The van der Waals surface area contributed by atoms with Gasteiger partial charge in [0.25, 0.3) is 14.9 Å². The van der Waals surface area contributed by atoms with Crippen molar-refractivity contribution in [2.24, 2.45) is 0 Å². The predicted molar refractivity (Wildman–Crippen MR) is 99.7 cm³/mol. The molecule has 0 bridgehead atoms. The maximum Gasteiger partial charge on any atom is 0.270 e. The third-order valence-corrected chi connectivity index (χ3v) is 7.91. The molecule has 6 nitrogen and oxygen atoms in total. The number of aromatic nitrogens is 1. The summed E-state index contributed by atoms with van der Waals surface area (Å²) in [5.41, 5.74) is 1.73. The summed E-state index contributed by atoms with van der Waals surface area (Å²) in [5, 5.41) is 1.79. The number of rotatable bonds is 4. The summed E-state index contributed by atoms with van der Waals surface area (Å²) in [4.78, 5) is 2.63. The van der Waals surface area contributed by atoms with Gasteiger partial charge in [0.1, 0.15) is 4.21 Å². The number of fused-ring (bicyclic) bond motifs is 1. The number of sulfonamides is 1. The van der Waals surface area contributed by atoms with Crippen LogP contribution in [0, 0.1) is 4.84 Å². The fourth-order valence-electron chi connectivity index (χ4n) is 3.00. The molecule has 0 atom stereocenters. The molecule has 0 unspecified atom stereocenters. The Labute approximate surface area is 154 Å². The van der Waals surface area contributed by atoms with Gasteiger partial charge in [0.2, 0.25) is 0 Å². The molecule has 3 heterocycles. The molecule has 0 saturated carbocycles. The van der Waals surface area contributed by atoms with Crippen molar-refractivity contribution < 1.29 is 12.8 Å². The van der Waals surface area contributed by atoms with Crippen LogP contribution in [-0.2, 0) is 16.7 Å². The van der Waals surface area contributed by atoms with Crippen LogP contribution < -0.4 is 0 Å². The molecule has 3 aromatic rings. The topological polar surface area (TPSA) is 58.7 Å². The highest BCUT2D eigenvalue weighted by Gasteiger charge is 2.29. The molecule has 9 heteroatoms. The second-order valence-electron chi connectivity index (χ2n) is 5.86. The van der Waals surface area contributed by atoms with Crippen molar-refractivity contribution in [1.29, 1.82) is 0 Å². The first-order valence-electron chi connectivity index (χ1n) is 7.90. The van der Waals surface area contributed by atoms with Gasteiger partial charge in [0.05, 0.1) is 12.2 Å². The number of hydrogen-bond donors (Lipinski definition) is 0. The normalized spacial score (nSPS) is 17.3. The molecular formula is C16H17N3O3S3. The number of nitrogens with zero attached hydrogens (tertiary/aromatic N) is 3. The molecule has 25 heavy (non-hydrogen) atoms. The standard InChI is InChI=1S/C16H17N3O3S3/c20-25(21,15-6-3-11-24-15)18-9-7-17(8-10-18)12-19-13-4-1-2-5-14(13)22-16(19)23/h1-6,11H,7-10,12H2. The first-order chi connectivity index (χ1) is 12.1. The van der Waals surface area contributed by atoms with Crippen molar-refractivity contribution >= 4 is 44.7 Å². The molecule has 4 rings (SSSR count). The Kier molecular flexibility index (Phi) is 4.50. The maximum absolute atomic E-state index is 12.6. The molecule has 0 amide bonds. The lowest BCUT2D eigenvalue weighted by Crippen LogP contribution is -2.48. The van der Waals surface area contributed by atoms with E-state index in [9.17, 15) is 8.42 Å². The summed E-state index contributed by atoms with van der Waals surface area (Å²) < 4.78 is 34.7. The number of oxazole rings is 1. The number of benzene rings is 1. The van der Waals surface area contributed by atoms with Crippen LogP contribution in [0.15, 0.2) is 50.4 Å². The van der Waals surface area contributed by atoms with Gasteiger partial charge in [-0.05, 0) is 35.8 Å².